The number of amides is 2. The van der Waals surface area contributed by atoms with Crippen LogP contribution in [0.3, 0.4) is 0 Å². The van der Waals surface area contributed by atoms with Crippen LogP contribution in [0.5, 0.6) is 11.6 Å². The Morgan fingerprint density at radius 2 is 2.13 bits per heavy atom. The SMILES string of the molecule is C=CC(=O)N1CCCCC(n2c(NC(=O)c3ccnc(OC)c3)nc3ccc(OC4CCOC4)c(Cl)c32)C1. The summed E-state index contributed by atoms with van der Waals surface area (Å²) in [6.45, 7) is 5.87. The fraction of sp³-hybridized carbons (Fsp3) is 0.407. The Balaban J connectivity index is 1.57. The number of fused-ring (bicyclic) bond motifs is 1. The average molecular weight is 540 g/mol. The van der Waals surface area contributed by atoms with Crippen LogP contribution in [0, 0.1) is 0 Å². The van der Waals surface area contributed by atoms with Gasteiger partial charge in [-0.1, -0.05) is 18.2 Å². The molecule has 2 unspecified atom stereocenters. The number of imidazole rings is 1. The molecule has 0 spiro atoms. The van der Waals surface area contributed by atoms with Gasteiger partial charge in [-0.3, -0.25) is 14.9 Å². The van der Waals surface area contributed by atoms with Crippen molar-refractivity contribution in [3.63, 3.8) is 0 Å². The van der Waals surface area contributed by atoms with Crippen molar-refractivity contribution in [2.75, 3.05) is 38.7 Å². The van der Waals surface area contributed by atoms with Crippen molar-refractivity contribution in [3.8, 4) is 11.6 Å². The minimum atomic E-state index is -0.370. The number of likely N-dealkylation sites (tertiary alicyclic amines) is 1. The molecule has 2 aliphatic heterocycles. The van der Waals surface area contributed by atoms with Gasteiger partial charge >= 0.3 is 0 Å². The van der Waals surface area contributed by atoms with E-state index in [1.54, 1.807) is 23.1 Å². The van der Waals surface area contributed by atoms with Gasteiger partial charge < -0.3 is 23.7 Å². The topological polar surface area (TPSA) is 108 Å². The van der Waals surface area contributed by atoms with Crippen molar-refractivity contribution in [1.29, 1.82) is 0 Å². The summed E-state index contributed by atoms with van der Waals surface area (Å²) in [5, 5.41) is 3.35. The Labute approximate surface area is 225 Å². The lowest BCUT2D eigenvalue weighted by atomic mass is 10.1. The number of carbonyl (C=O) groups is 2. The van der Waals surface area contributed by atoms with Crippen LogP contribution in [0.15, 0.2) is 43.1 Å². The summed E-state index contributed by atoms with van der Waals surface area (Å²) in [5.41, 5.74) is 1.62. The number of methoxy groups -OCH3 is 1. The van der Waals surface area contributed by atoms with Crippen LogP contribution in [0.1, 0.15) is 42.1 Å². The highest BCUT2D eigenvalue weighted by Gasteiger charge is 2.29. The molecule has 200 valence electrons. The standard InChI is InChI=1S/C27H30ClN5O5/c1-3-23(34)32-12-5-4-6-18(15-32)33-25-20(7-8-21(24(25)28)38-19-10-13-37-16-19)30-27(33)31-26(35)17-9-11-29-22(14-17)36-2/h3,7-9,11,14,18-19H,1,4-6,10,12-13,15-16H2,2H3,(H,30,31,35). The number of nitrogens with zero attached hydrogens (tertiary/aromatic N) is 4. The number of hydrogen-bond acceptors (Lipinski definition) is 7. The summed E-state index contributed by atoms with van der Waals surface area (Å²) in [7, 11) is 1.49. The number of aromatic nitrogens is 3. The van der Waals surface area contributed by atoms with E-state index in [1.165, 1.54) is 19.4 Å². The predicted molar refractivity (Wildman–Crippen MR) is 143 cm³/mol. The fourth-order valence-electron chi connectivity index (χ4n) is 4.94. The summed E-state index contributed by atoms with van der Waals surface area (Å²) < 4.78 is 18.7. The van der Waals surface area contributed by atoms with E-state index in [-0.39, 0.29) is 24.0 Å². The van der Waals surface area contributed by atoms with Crippen LogP contribution >= 0.6 is 11.6 Å². The lowest BCUT2D eigenvalue weighted by Gasteiger charge is -2.26. The second kappa shape index (κ2) is 11.4. The third-order valence-corrected chi connectivity index (χ3v) is 7.23. The highest BCUT2D eigenvalue weighted by atomic mass is 35.5. The van der Waals surface area contributed by atoms with Gasteiger partial charge in [0.25, 0.3) is 5.91 Å². The summed E-state index contributed by atoms with van der Waals surface area (Å²) in [5.74, 6) is 0.689. The van der Waals surface area contributed by atoms with Gasteiger partial charge in [-0.25, -0.2) is 9.97 Å². The van der Waals surface area contributed by atoms with E-state index in [4.69, 9.17) is 30.8 Å². The van der Waals surface area contributed by atoms with E-state index in [1.807, 2.05) is 10.6 Å². The molecule has 5 rings (SSSR count). The highest BCUT2D eigenvalue weighted by molar-refractivity contribution is 6.36. The average Bonchev–Trinajstić information content (AvgIpc) is 3.51. The first kappa shape index (κ1) is 26.0. The van der Waals surface area contributed by atoms with Gasteiger partial charge in [-0.2, -0.15) is 0 Å². The third kappa shape index (κ3) is 5.32. The molecule has 11 heteroatoms. The zero-order valence-corrected chi connectivity index (χ0v) is 21.9. The van der Waals surface area contributed by atoms with Crippen molar-refractivity contribution < 1.29 is 23.8 Å². The Morgan fingerprint density at radius 1 is 1.26 bits per heavy atom. The number of pyridine rings is 1. The molecule has 2 amide bonds. The van der Waals surface area contributed by atoms with Gasteiger partial charge in [0.1, 0.15) is 16.9 Å². The number of benzene rings is 1. The molecule has 10 nitrogen and oxygen atoms in total. The molecule has 2 saturated heterocycles. The van der Waals surface area contributed by atoms with Crippen molar-refractivity contribution in [3.05, 3.63) is 53.7 Å². The van der Waals surface area contributed by atoms with Crippen molar-refractivity contribution in [2.24, 2.45) is 0 Å². The Bertz CT molecular complexity index is 1350. The minimum Gasteiger partial charge on any atom is -0.486 e. The van der Waals surface area contributed by atoms with E-state index in [0.717, 1.165) is 25.7 Å². The Morgan fingerprint density at radius 3 is 2.89 bits per heavy atom. The van der Waals surface area contributed by atoms with Gasteiger partial charge in [-0.05, 0) is 43.5 Å². The molecule has 2 atom stereocenters. The zero-order valence-electron chi connectivity index (χ0n) is 21.2. The molecule has 0 saturated carbocycles. The fourth-order valence-corrected chi connectivity index (χ4v) is 5.24. The van der Waals surface area contributed by atoms with E-state index in [0.29, 0.717) is 65.5 Å². The highest BCUT2D eigenvalue weighted by Crippen LogP contribution is 2.39. The molecule has 0 aliphatic carbocycles. The maximum atomic E-state index is 13.3. The quantitative estimate of drug-likeness (QED) is 0.447. The number of ether oxygens (including phenoxy) is 3. The molecule has 1 aromatic carbocycles. The molecule has 2 aromatic heterocycles. The molecule has 0 radical (unpaired) electrons. The summed E-state index contributed by atoms with van der Waals surface area (Å²) in [6, 6.07) is 6.60. The van der Waals surface area contributed by atoms with Crippen LogP contribution in [0.4, 0.5) is 5.95 Å². The third-order valence-electron chi connectivity index (χ3n) is 6.87. The van der Waals surface area contributed by atoms with E-state index < -0.39 is 0 Å². The predicted octanol–water partition coefficient (Wildman–Crippen LogP) is 4.25. The van der Waals surface area contributed by atoms with E-state index in [2.05, 4.69) is 16.9 Å². The smallest absolute Gasteiger partial charge is 0.258 e. The van der Waals surface area contributed by atoms with Crippen LogP contribution in [0.25, 0.3) is 11.0 Å². The summed E-state index contributed by atoms with van der Waals surface area (Å²) in [6.07, 6.45) is 6.07. The Hall–Kier alpha value is -3.63. The van der Waals surface area contributed by atoms with Gasteiger partial charge in [0.15, 0.2) is 0 Å². The molecule has 0 bridgehead atoms. The molecule has 2 fully saturated rings. The van der Waals surface area contributed by atoms with Gasteiger partial charge in [0.2, 0.25) is 17.7 Å². The zero-order chi connectivity index (χ0) is 26.6. The van der Waals surface area contributed by atoms with Crippen LogP contribution in [-0.4, -0.2) is 70.8 Å². The lowest BCUT2D eigenvalue weighted by Crippen LogP contribution is -2.34. The first-order chi connectivity index (χ1) is 18.5. The maximum Gasteiger partial charge on any atom is 0.258 e. The van der Waals surface area contributed by atoms with Gasteiger partial charge in [0.05, 0.1) is 37.4 Å². The second-order valence-electron chi connectivity index (χ2n) is 9.33. The van der Waals surface area contributed by atoms with E-state index in [9.17, 15) is 9.59 Å². The van der Waals surface area contributed by atoms with Crippen molar-refractivity contribution >= 4 is 40.4 Å². The molecule has 4 heterocycles. The molecular weight excluding hydrogens is 510 g/mol. The van der Waals surface area contributed by atoms with Crippen LogP contribution in [-0.2, 0) is 9.53 Å². The van der Waals surface area contributed by atoms with Crippen LogP contribution < -0.4 is 14.8 Å². The molecular formula is C27H30ClN5O5. The second-order valence-corrected chi connectivity index (χ2v) is 9.71. The first-order valence-electron chi connectivity index (χ1n) is 12.7. The first-order valence-corrected chi connectivity index (χ1v) is 13.0. The normalized spacial score (nSPS) is 19.7. The number of halogens is 1. The number of hydrogen-bond donors (Lipinski definition) is 1. The van der Waals surface area contributed by atoms with Crippen molar-refractivity contribution in [1.82, 2.24) is 19.4 Å². The number of carbonyl (C=O) groups excluding carboxylic acids is 2. The largest absolute Gasteiger partial charge is 0.486 e. The molecule has 1 N–H and O–H groups in total. The maximum absolute atomic E-state index is 13.3. The lowest BCUT2D eigenvalue weighted by molar-refractivity contribution is -0.126. The Kier molecular flexibility index (Phi) is 7.80. The summed E-state index contributed by atoms with van der Waals surface area (Å²) in [4.78, 5) is 36.4. The minimum absolute atomic E-state index is 0.0826. The van der Waals surface area contributed by atoms with Gasteiger partial charge in [0, 0.05) is 37.3 Å². The molecule has 38 heavy (non-hydrogen) atoms. The number of rotatable bonds is 7. The van der Waals surface area contributed by atoms with Crippen LogP contribution in [0.2, 0.25) is 5.02 Å². The van der Waals surface area contributed by atoms with E-state index >= 15 is 0 Å². The monoisotopic (exact) mass is 539 g/mol. The number of anilines is 1. The molecule has 3 aromatic rings. The van der Waals surface area contributed by atoms with Crippen molar-refractivity contribution in [2.45, 2.75) is 37.8 Å². The number of nitrogens with one attached hydrogen (secondary N) is 1. The van der Waals surface area contributed by atoms with Gasteiger partial charge in [-0.15, -0.1) is 0 Å². The summed E-state index contributed by atoms with van der Waals surface area (Å²) >= 11 is 6.96. The molecule has 2 aliphatic rings.